The SMILES string of the molecule is CNC(c1ccccc1)c1nnc(CCCOC)s1. The van der Waals surface area contributed by atoms with E-state index >= 15 is 0 Å². The molecule has 0 aliphatic heterocycles. The fourth-order valence-corrected chi connectivity index (χ4v) is 2.95. The second kappa shape index (κ2) is 7.33. The standard InChI is InChI=1S/C14H19N3OS/c1-15-13(11-7-4-3-5-8-11)14-17-16-12(19-14)9-6-10-18-2/h3-5,7-8,13,15H,6,9-10H2,1-2H3. The summed E-state index contributed by atoms with van der Waals surface area (Å²) in [5, 5.41) is 13.9. The lowest BCUT2D eigenvalue weighted by Gasteiger charge is -2.12. The van der Waals surface area contributed by atoms with Crippen molar-refractivity contribution >= 4 is 11.3 Å². The molecule has 1 unspecified atom stereocenters. The van der Waals surface area contributed by atoms with Crippen LogP contribution in [-0.2, 0) is 11.2 Å². The van der Waals surface area contributed by atoms with E-state index in [2.05, 4.69) is 27.6 Å². The molecule has 1 heterocycles. The van der Waals surface area contributed by atoms with Gasteiger partial charge in [-0.25, -0.2) is 0 Å². The Morgan fingerprint density at radius 1 is 1.26 bits per heavy atom. The summed E-state index contributed by atoms with van der Waals surface area (Å²) in [5.74, 6) is 0. The molecule has 0 saturated heterocycles. The first-order valence-electron chi connectivity index (χ1n) is 6.38. The third kappa shape index (κ3) is 3.83. The highest BCUT2D eigenvalue weighted by Crippen LogP contribution is 2.24. The molecule has 0 spiro atoms. The maximum absolute atomic E-state index is 5.05. The highest BCUT2D eigenvalue weighted by atomic mass is 32.1. The lowest BCUT2D eigenvalue weighted by molar-refractivity contribution is 0.195. The summed E-state index contributed by atoms with van der Waals surface area (Å²) in [5.41, 5.74) is 1.21. The van der Waals surface area contributed by atoms with Gasteiger partial charge in [-0.05, 0) is 19.0 Å². The van der Waals surface area contributed by atoms with Gasteiger partial charge < -0.3 is 10.1 Å². The average molecular weight is 277 g/mol. The van der Waals surface area contributed by atoms with Crippen LogP contribution in [0.3, 0.4) is 0 Å². The van der Waals surface area contributed by atoms with Gasteiger partial charge in [-0.1, -0.05) is 41.7 Å². The van der Waals surface area contributed by atoms with Gasteiger partial charge in [-0.2, -0.15) is 0 Å². The molecule has 0 radical (unpaired) electrons. The van der Waals surface area contributed by atoms with Gasteiger partial charge in [0.1, 0.15) is 10.0 Å². The van der Waals surface area contributed by atoms with Crippen LogP contribution in [0.15, 0.2) is 30.3 Å². The first-order valence-corrected chi connectivity index (χ1v) is 7.20. The molecular formula is C14H19N3OS. The molecule has 2 aromatic rings. The number of hydrogen-bond donors (Lipinski definition) is 1. The monoisotopic (exact) mass is 277 g/mol. The number of nitrogens with one attached hydrogen (secondary N) is 1. The molecule has 1 aromatic heterocycles. The van der Waals surface area contributed by atoms with E-state index in [0.29, 0.717) is 0 Å². The number of rotatable bonds is 7. The van der Waals surface area contributed by atoms with Crippen molar-refractivity contribution in [1.82, 2.24) is 15.5 Å². The van der Waals surface area contributed by atoms with E-state index in [1.165, 1.54) is 5.56 Å². The van der Waals surface area contributed by atoms with Crippen LogP contribution in [0.2, 0.25) is 0 Å². The van der Waals surface area contributed by atoms with E-state index in [-0.39, 0.29) is 6.04 Å². The highest BCUT2D eigenvalue weighted by molar-refractivity contribution is 7.11. The summed E-state index contributed by atoms with van der Waals surface area (Å²) in [6.07, 6.45) is 1.91. The second-order valence-electron chi connectivity index (χ2n) is 4.26. The molecule has 4 nitrogen and oxygen atoms in total. The summed E-state index contributed by atoms with van der Waals surface area (Å²) in [6.45, 7) is 0.767. The van der Waals surface area contributed by atoms with E-state index in [1.807, 2.05) is 25.2 Å². The van der Waals surface area contributed by atoms with Gasteiger partial charge in [-0.15, -0.1) is 10.2 Å². The third-order valence-electron chi connectivity index (χ3n) is 2.89. The van der Waals surface area contributed by atoms with Gasteiger partial charge in [0.2, 0.25) is 0 Å². The molecule has 0 aliphatic carbocycles. The van der Waals surface area contributed by atoms with Crippen molar-refractivity contribution in [3.63, 3.8) is 0 Å². The summed E-state index contributed by atoms with van der Waals surface area (Å²) < 4.78 is 5.05. The number of aryl methyl sites for hydroxylation is 1. The van der Waals surface area contributed by atoms with Crippen molar-refractivity contribution in [2.24, 2.45) is 0 Å². The van der Waals surface area contributed by atoms with Crippen molar-refractivity contribution in [1.29, 1.82) is 0 Å². The topological polar surface area (TPSA) is 47.0 Å². The zero-order valence-corrected chi connectivity index (χ0v) is 12.1. The second-order valence-corrected chi connectivity index (χ2v) is 5.36. The molecule has 0 amide bonds. The minimum Gasteiger partial charge on any atom is -0.385 e. The number of hydrogen-bond acceptors (Lipinski definition) is 5. The molecule has 19 heavy (non-hydrogen) atoms. The largest absolute Gasteiger partial charge is 0.385 e. The third-order valence-corrected chi connectivity index (χ3v) is 3.94. The predicted octanol–water partition coefficient (Wildman–Crippen LogP) is 2.43. The Hall–Kier alpha value is -1.30. The van der Waals surface area contributed by atoms with Crippen molar-refractivity contribution in [3.8, 4) is 0 Å². The van der Waals surface area contributed by atoms with Crippen LogP contribution in [0.1, 0.15) is 28.0 Å². The lowest BCUT2D eigenvalue weighted by atomic mass is 10.1. The molecule has 102 valence electrons. The molecular weight excluding hydrogens is 258 g/mol. The van der Waals surface area contributed by atoms with Crippen LogP contribution in [0.4, 0.5) is 0 Å². The zero-order valence-electron chi connectivity index (χ0n) is 11.3. The van der Waals surface area contributed by atoms with Gasteiger partial charge >= 0.3 is 0 Å². The van der Waals surface area contributed by atoms with Crippen LogP contribution in [0.25, 0.3) is 0 Å². The van der Waals surface area contributed by atoms with Crippen LogP contribution in [0, 0.1) is 0 Å². The summed E-state index contributed by atoms with van der Waals surface area (Å²) in [4.78, 5) is 0. The Morgan fingerprint density at radius 3 is 2.74 bits per heavy atom. The Bertz CT molecular complexity index is 486. The fraction of sp³-hybridized carbons (Fsp3) is 0.429. The summed E-state index contributed by atoms with van der Waals surface area (Å²) >= 11 is 1.67. The van der Waals surface area contributed by atoms with E-state index < -0.39 is 0 Å². The van der Waals surface area contributed by atoms with Gasteiger partial charge in [0.15, 0.2) is 0 Å². The Kier molecular flexibility index (Phi) is 5.44. The molecule has 0 saturated carbocycles. The fourth-order valence-electron chi connectivity index (χ4n) is 1.93. The minimum atomic E-state index is 0.120. The number of aromatic nitrogens is 2. The van der Waals surface area contributed by atoms with E-state index in [4.69, 9.17) is 4.74 Å². The van der Waals surface area contributed by atoms with E-state index in [9.17, 15) is 0 Å². The molecule has 0 bridgehead atoms. The molecule has 5 heteroatoms. The summed E-state index contributed by atoms with van der Waals surface area (Å²) in [7, 11) is 3.67. The average Bonchev–Trinajstić information content (AvgIpc) is 2.90. The highest BCUT2D eigenvalue weighted by Gasteiger charge is 2.16. The molecule has 1 N–H and O–H groups in total. The maximum Gasteiger partial charge on any atom is 0.139 e. The Balaban J connectivity index is 2.07. The number of nitrogens with zero attached hydrogens (tertiary/aromatic N) is 2. The minimum absolute atomic E-state index is 0.120. The maximum atomic E-state index is 5.05. The number of methoxy groups -OCH3 is 1. The predicted molar refractivity (Wildman–Crippen MR) is 77.5 cm³/mol. The van der Waals surface area contributed by atoms with Crippen LogP contribution in [-0.4, -0.2) is 31.0 Å². The van der Waals surface area contributed by atoms with Crippen molar-refractivity contribution < 1.29 is 4.74 Å². The zero-order chi connectivity index (χ0) is 13.5. The van der Waals surface area contributed by atoms with Crippen molar-refractivity contribution in [2.45, 2.75) is 18.9 Å². The molecule has 0 fully saturated rings. The number of benzene rings is 1. The number of ether oxygens (including phenoxy) is 1. The van der Waals surface area contributed by atoms with Crippen LogP contribution >= 0.6 is 11.3 Å². The van der Waals surface area contributed by atoms with Crippen molar-refractivity contribution in [2.75, 3.05) is 20.8 Å². The Labute approximate surface area is 117 Å². The van der Waals surface area contributed by atoms with Gasteiger partial charge in [0.05, 0.1) is 6.04 Å². The lowest BCUT2D eigenvalue weighted by Crippen LogP contribution is -2.17. The van der Waals surface area contributed by atoms with E-state index in [0.717, 1.165) is 29.5 Å². The van der Waals surface area contributed by atoms with Crippen LogP contribution < -0.4 is 5.32 Å². The van der Waals surface area contributed by atoms with Crippen LogP contribution in [0.5, 0.6) is 0 Å². The molecule has 2 rings (SSSR count). The van der Waals surface area contributed by atoms with Gasteiger partial charge in [-0.3, -0.25) is 0 Å². The first kappa shape index (κ1) is 14.1. The van der Waals surface area contributed by atoms with Crippen molar-refractivity contribution in [3.05, 3.63) is 45.9 Å². The Morgan fingerprint density at radius 2 is 2.05 bits per heavy atom. The first-order chi connectivity index (χ1) is 9.35. The van der Waals surface area contributed by atoms with Gasteiger partial charge in [0, 0.05) is 20.1 Å². The smallest absolute Gasteiger partial charge is 0.139 e. The molecule has 1 atom stereocenters. The van der Waals surface area contributed by atoms with E-state index in [1.54, 1.807) is 18.4 Å². The molecule has 1 aromatic carbocycles. The normalized spacial score (nSPS) is 12.5. The molecule has 0 aliphatic rings. The quantitative estimate of drug-likeness (QED) is 0.790. The van der Waals surface area contributed by atoms with Gasteiger partial charge in [0.25, 0.3) is 0 Å². The summed E-state index contributed by atoms with van der Waals surface area (Å²) in [6, 6.07) is 10.4.